The van der Waals surface area contributed by atoms with Crippen molar-refractivity contribution in [3.63, 3.8) is 0 Å². The van der Waals surface area contributed by atoms with E-state index in [4.69, 9.17) is 4.98 Å². The van der Waals surface area contributed by atoms with Crippen molar-refractivity contribution in [3.05, 3.63) is 61.5 Å². The third-order valence-corrected chi connectivity index (χ3v) is 7.13. The molecule has 2 N–H and O–H groups in total. The van der Waals surface area contributed by atoms with Crippen molar-refractivity contribution < 1.29 is 4.79 Å². The van der Waals surface area contributed by atoms with E-state index in [9.17, 15) is 9.59 Å². The van der Waals surface area contributed by atoms with Crippen LogP contribution in [0.25, 0.3) is 0 Å². The first-order valence-electron chi connectivity index (χ1n) is 10.3. The molecule has 1 aliphatic carbocycles. The van der Waals surface area contributed by atoms with E-state index in [2.05, 4.69) is 47.0 Å². The molecular formula is C23H26BrN3O2S. The van der Waals surface area contributed by atoms with Gasteiger partial charge in [-0.1, -0.05) is 67.0 Å². The molecule has 0 bridgehead atoms. The molecule has 0 unspecified atom stereocenters. The van der Waals surface area contributed by atoms with Crippen LogP contribution in [0.4, 0.5) is 5.82 Å². The molecule has 2 heterocycles. The number of aromatic amines is 1. The number of benzene rings is 1. The summed E-state index contributed by atoms with van der Waals surface area (Å²) in [5.41, 5.74) is 2.78. The molecule has 0 saturated carbocycles. The van der Waals surface area contributed by atoms with Crippen LogP contribution in [-0.4, -0.2) is 21.5 Å². The van der Waals surface area contributed by atoms with Gasteiger partial charge in [0.15, 0.2) is 10.9 Å². The number of hydrogen-bond acceptors (Lipinski definition) is 5. The van der Waals surface area contributed by atoms with Crippen molar-refractivity contribution >= 4 is 39.3 Å². The monoisotopic (exact) mass is 487 g/mol. The van der Waals surface area contributed by atoms with Gasteiger partial charge >= 0.3 is 0 Å². The fourth-order valence-corrected chi connectivity index (χ4v) is 5.47. The zero-order valence-corrected chi connectivity index (χ0v) is 19.9. The summed E-state index contributed by atoms with van der Waals surface area (Å²) in [4.78, 5) is 34.1. The molecule has 2 aromatic rings. The number of halogens is 1. The summed E-state index contributed by atoms with van der Waals surface area (Å²) in [5.74, 6) is 1.19. The van der Waals surface area contributed by atoms with Gasteiger partial charge in [0.05, 0.1) is 5.56 Å². The van der Waals surface area contributed by atoms with Crippen molar-refractivity contribution in [1.82, 2.24) is 9.97 Å². The highest BCUT2D eigenvalue weighted by Crippen LogP contribution is 2.47. The van der Waals surface area contributed by atoms with Crippen LogP contribution < -0.4 is 10.9 Å². The molecule has 1 aromatic carbocycles. The number of fused-ring (bicyclic) bond motifs is 1. The molecule has 0 fully saturated rings. The van der Waals surface area contributed by atoms with Gasteiger partial charge in [0.25, 0.3) is 5.56 Å². The van der Waals surface area contributed by atoms with Gasteiger partial charge in [0.2, 0.25) is 0 Å². The largest absolute Gasteiger partial charge is 0.343 e. The van der Waals surface area contributed by atoms with Crippen molar-refractivity contribution in [2.45, 2.75) is 57.5 Å². The fraction of sp³-hybridized carbons (Fsp3) is 0.435. The molecule has 1 aliphatic heterocycles. The molecule has 30 heavy (non-hydrogen) atoms. The van der Waals surface area contributed by atoms with Crippen molar-refractivity contribution in [2.24, 2.45) is 5.41 Å². The number of thioether (sulfide) groups is 1. The molecule has 5 nitrogen and oxygen atoms in total. The summed E-state index contributed by atoms with van der Waals surface area (Å²) in [6.07, 6.45) is 3.40. The lowest BCUT2D eigenvalue weighted by atomic mass is 9.69. The first kappa shape index (κ1) is 21.4. The van der Waals surface area contributed by atoms with Gasteiger partial charge in [-0.05, 0) is 36.0 Å². The second-order valence-corrected chi connectivity index (χ2v) is 10.8. The van der Waals surface area contributed by atoms with Gasteiger partial charge in [-0.25, -0.2) is 4.98 Å². The minimum Gasteiger partial charge on any atom is -0.343 e. The third kappa shape index (κ3) is 4.14. The molecule has 7 heteroatoms. The second kappa shape index (κ2) is 8.35. The first-order valence-corrected chi connectivity index (χ1v) is 12.1. The number of nitrogens with zero attached hydrogens (tertiary/aromatic N) is 1. The molecule has 1 aromatic heterocycles. The minimum atomic E-state index is -0.404. The van der Waals surface area contributed by atoms with Crippen molar-refractivity contribution in [3.8, 4) is 0 Å². The highest BCUT2D eigenvalue weighted by Gasteiger charge is 2.42. The average molecular weight is 488 g/mol. The van der Waals surface area contributed by atoms with E-state index in [1.54, 1.807) is 11.8 Å². The zero-order valence-electron chi connectivity index (χ0n) is 17.5. The van der Waals surface area contributed by atoms with Crippen LogP contribution in [0.2, 0.25) is 0 Å². The Kier molecular flexibility index (Phi) is 5.95. The van der Waals surface area contributed by atoms with Crippen molar-refractivity contribution in [2.75, 3.05) is 11.1 Å². The smallest absolute Gasteiger partial charge is 0.257 e. The average Bonchev–Trinajstić information content (AvgIpc) is 2.66. The highest BCUT2D eigenvalue weighted by atomic mass is 79.9. The van der Waals surface area contributed by atoms with Crippen LogP contribution in [0.15, 0.2) is 50.0 Å². The summed E-state index contributed by atoms with van der Waals surface area (Å²) in [6.45, 7) is 6.36. The number of carbonyl (C=O) groups excluding carboxylic acids is 1. The van der Waals surface area contributed by atoms with Gasteiger partial charge < -0.3 is 10.3 Å². The van der Waals surface area contributed by atoms with Crippen LogP contribution >= 0.6 is 27.7 Å². The Hall–Kier alpha value is -1.86. The van der Waals surface area contributed by atoms with Crippen LogP contribution in [0.3, 0.4) is 0 Å². The summed E-state index contributed by atoms with van der Waals surface area (Å²) in [5, 5.41) is 4.00. The van der Waals surface area contributed by atoms with E-state index in [1.807, 2.05) is 24.3 Å². The SMILES string of the molecule is CCCCSc1nc2c(c(=O)[nH]1)[C@@H](c1ccc(Br)cc1)C1=C(CC(C)(C)CC1=O)N2. The summed E-state index contributed by atoms with van der Waals surface area (Å²) < 4.78 is 0.959. The topological polar surface area (TPSA) is 74.8 Å². The third-order valence-electron chi connectivity index (χ3n) is 5.64. The Bertz CT molecular complexity index is 1070. The van der Waals surface area contributed by atoms with Gasteiger partial charge in [-0.15, -0.1) is 0 Å². The van der Waals surface area contributed by atoms with E-state index < -0.39 is 5.92 Å². The van der Waals surface area contributed by atoms with E-state index in [0.29, 0.717) is 28.5 Å². The van der Waals surface area contributed by atoms with Gasteiger partial charge in [0.1, 0.15) is 5.82 Å². The predicted octanol–water partition coefficient (Wildman–Crippen LogP) is 5.63. The molecule has 1 atom stereocenters. The van der Waals surface area contributed by atoms with E-state index in [-0.39, 0.29) is 16.8 Å². The van der Waals surface area contributed by atoms with E-state index in [1.165, 1.54) is 0 Å². The number of aromatic nitrogens is 2. The summed E-state index contributed by atoms with van der Waals surface area (Å²) >= 11 is 5.04. The van der Waals surface area contributed by atoms with Gasteiger partial charge in [0, 0.05) is 33.8 Å². The number of unbranched alkanes of at least 4 members (excludes halogenated alkanes) is 1. The second-order valence-electron chi connectivity index (χ2n) is 8.78. The highest BCUT2D eigenvalue weighted by molar-refractivity contribution is 9.10. The molecular weight excluding hydrogens is 462 g/mol. The predicted molar refractivity (Wildman–Crippen MR) is 125 cm³/mol. The van der Waals surface area contributed by atoms with Crippen LogP contribution in [-0.2, 0) is 4.79 Å². The quantitative estimate of drug-likeness (QED) is 0.324. The minimum absolute atomic E-state index is 0.105. The number of hydrogen-bond donors (Lipinski definition) is 2. The lowest BCUT2D eigenvalue weighted by Crippen LogP contribution is -2.37. The van der Waals surface area contributed by atoms with Crippen LogP contribution in [0, 0.1) is 5.41 Å². The zero-order chi connectivity index (χ0) is 21.5. The molecule has 2 aliphatic rings. The number of rotatable bonds is 5. The molecule has 0 amide bonds. The molecule has 0 spiro atoms. The van der Waals surface area contributed by atoms with E-state index >= 15 is 0 Å². The Morgan fingerprint density at radius 3 is 2.63 bits per heavy atom. The molecule has 158 valence electrons. The number of ketones is 1. The molecule has 0 radical (unpaired) electrons. The molecule has 0 saturated heterocycles. The Morgan fingerprint density at radius 2 is 1.93 bits per heavy atom. The maximum atomic E-state index is 13.2. The Balaban J connectivity index is 1.86. The number of anilines is 1. The maximum absolute atomic E-state index is 13.2. The number of allylic oxidation sites excluding steroid dienone is 2. The Morgan fingerprint density at radius 1 is 1.20 bits per heavy atom. The number of H-pyrrole nitrogens is 1. The lowest BCUT2D eigenvalue weighted by molar-refractivity contribution is -0.118. The fourth-order valence-electron chi connectivity index (χ4n) is 4.26. The van der Waals surface area contributed by atoms with E-state index in [0.717, 1.165) is 40.7 Å². The van der Waals surface area contributed by atoms with Gasteiger partial charge in [-0.3, -0.25) is 9.59 Å². The van der Waals surface area contributed by atoms with Crippen LogP contribution in [0.1, 0.15) is 63.5 Å². The standard InChI is InChI=1S/C23H26BrN3O2S/c1-4-5-10-30-22-26-20-19(21(29)27-22)17(13-6-8-14(24)9-7-13)18-15(25-20)11-23(2,3)12-16(18)28/h6-9,17H,4-5,10-12H2,1-3H3,(H2,25,26,27,29)/t17-/m0/s1. The summed E-state index contributed by atoms with van der Waals surface area (Å²) in [7, 11) is 0. The maximum Gasteiger partial charge on any atom is 0.257 e. The van der Waals surface area contributed by atoms with Crippen molar-refractivity contribution in [1.29, 1.82) is 0 Å². The molecule has 4 rings (SSSR count). The number of nitrogens with one attached hydrogen (secondary N) is 2. The number of carbonyl (C=O) groups is 1. The van der Waals surface area contributed by atoms with Gasteiger partial charge in [-0.2, -0.15) is 0 Å². The van der Waals surface area contributed by atoms with Crippen LogP contribution in [0.5, 0.6) is 0 Å². The lowest BCUT2D eigenvalue weighted by Gasteiger charge is -2.38. The normalized spacial score (nSPS) is 19.9. The Labute approximate surface area is 189 Å². The summed E-state index contributed by atoms with van der Waals surface area (Å²) in [6, 6.07) is 7.85. The number of Topliss-reactive ketones (excluding diaryl/α,β-unsaturated/α-hetero) is 1. The first-order chi connectivity index (χ1) is 14.3.